The minimum Gasteiger partial charge on any atom is -0.393 e. The molecule has 0 bridgehead atoms. The van der Waals surface area contributed by atoms with Crippen LogP contribution in [0, 0.1) is 5.92 Å². The van der Waals surface area contributed by atoms with E-state index in [4.69, 9.17) is 5.11 Å². The second-order valence-electron chi connectivity index (χ2n) is 2.09. The van der Waals surface area contributed by atoms with E-state index in [2.05, 4.69) is 6.58 Å². The summed E-state index contributed by atoms with van der Waals surface area (Å²) in [7, 11) is 0. The third-order valence-electron chi connectivity index (χ3n) is 1.35. The first-order valence-electron chi connectivity index (χ1n) is 2.63. The molecule has 0 aromatic heterocycles. The molecule has 0 unspecified atom stereocenters. The molecule has 0 radical (unpaired) electrons. The van der Waals surface area contributed by atoms with E-state index < -0.39 is 0 Å². The molecule has 1 aliphatic carbocycles. The molecule has 0 aromatic carbocycles. The quantitative estimate of drug-likeness (QED) is 0.510. The van der Waals surface area contributed by atoms with Crippen molar-refractivity contribution in [3.05, 3.63) is 12.7 Å². The van der Waals surface area contributed by atoms with Crippen molar-refractivity contribution in [1.82, 2.24) is 0 Å². The van der Waals surface area contributed by atoms with Gasteiger partial charge in [-0.25, -0.2) is 0 Å². The average molecular weight is 98.1 g/mol. The predicted octanol–water partition coefficient (Wildman–Crippen LogP) is 0.943. The highest BCUT2D eigenvalue weighted by molar-refractivity contribution is 4.90. The molecular weight excluding hydrogens is 88.1 g/mol. The van der Waals surface area contributed by atoms with E-state index in [1.54, 1.807) is 0 Å². The normalized spacial score (nSPS) is 37.9. The molecule has 1 rings (SSSR count). The lowest BCUT2D eigenvalue weighted by Gasteiger charge is -1.81. The molecule has 2 atom stereocenters. The van der Waals surface area contributed by atoms with Crippen LogP contribution >= 0.6 is 0 Å². The van der Waals surface area contributed by atoms with Gasteiger partial charge >= 0.3 is 0 Å². The number of aliphatic hydroxyl groups is 1. The Morgan fingerprint density at radius 2 is 2.43 bits per heavy atom. The highest BCUT2D eigenvalue weighted by Crippen LogP contribution is 2.32. The molecule has 0 aliphatic heterocycles. The van der Waals surface area contributed by atoms with Gasteiger partial charge in [-0.1, -0.05) is 6.08 Å². The molecule has 0 amide bonds. The molecule has 0 heterocycles. The van der Waals surface area contributed by atoms with Crippen LogP contribution in [0.25, 0.3) is 0 Å². The van der Waals surface area contributed by atoms with E-state index in [1.807, 2.05) is 6.08 Å². The lowest BCUT2D eigenvalue weighted by molar-refractivity contribution is 0.260. The van der Waals surface area contributed by atoms with Gasteiger partial charge < -0.3 is 5.11 Å². The van der Waals surface area contributed by atoms with Crippen molar-refractivity contribution < 1.29 is 5.11 Å². The smallest absolute Gasteiger partial charge is 0.0576 e. The van der Waals surface area contributed by atoms with Crippen molar-refractivity contribution in [3.63, 3.8) is 0 Å². The monoisotopic (exact) mass is 98.1 g/mol. The van der Waals surface area contributed by atoms with Crippen molar-refractivity contribution in [1.29, 1.82) is 0 Å². The van der Waals surface area contributed by atoms with Crippen LogP contribution in [0.5, 0.6) is 0 Å². The van der Waals surface area contributed by atoms with Crippen LogP contribution in [0.2, 0.25) is 0 Å². The van der Waals surface area contributed by atoms with E-state index in [9.17, 15) is 0 Å². The van der Waals surface area contributed by atoms with E-state index in [0.717, 1.165) is 12.8 Å². The van der Waals surface area contributed by atoms with Gasteiger partial charge in [-0.2, -0.15) is 0 Å². The molecule has 1 saturated carbocycles. The van der Waals surface area contributed by atoms with Crippen LogP contribution in [0.3, 0.4) is 0 Å². The van der Waals surface area contributed by atoms with Crippen LogP contribution < -0.4 is 0 Å². The average Bonchev–Trinajstić information content (AvgIpc) is 2.22. The minimum absolute atomic E-state index is 0.00185. The summed E-state index contributed by atoms with van der Waals surface area (Å²) in [5, 5.41) is 8.71. The summed E-state index contributed by atoms with van der Waals surface area (Å²) in [5.41, 5.74) is 0. The zero-order chi connectivity index (χ0) is 5.28. The van der Waals surface area contributed by atoms with Gasteiger partial charge in [-0.05, 0) is 18.8 Å². The van der Waals surface area contributed by atoms with Crippen LogP contribution in [0.15, 0.2) is 12.7 Å². The number of hydrogen-bond acceptors (Lipinski definition) is 1. The number of hydrogen-bond donors (Lipinski definition) is 1. The third kappa shape index (κ3) is 1.03. The van der Waals surface area contributed by atoms with Crippen LogP contribution in [-0.4, -0.2) is 11.2 Å². The molecule has 0 saturated heterocycles. The van der Waals surface area contributed by atoms with E-state index in [1.165, 1.54) is 0 Å². The number of aliphatic hydroxyl groups excluding tert-OH is 1. The fourth-order valence-corrected chi connectivity index (χ4v) is 0.699. The van der Waals surface area contributed by atoms with Crippen LogP contribution in [-0.2, 0) is 0 Å². The summed E-state index contributed by atoms with van der Waals surface area (Å²) in [5.74, 6) is 0.553. The van der Waals surface area contributed by atoms with E-state index in [0.29, 0.717) is 5.92 Å². The van der Waals surface area contributed by atoms with Gasteiger partial charge in [-0.15, -0.1) is 6.58 Å². The Morgan fingerprint density at radius 1 is 1.86 bits per heavy atom. The summed E-state index contributed by atoms with van der Waals surface area (Å²) >= 11 is 0. The van der Waals surface area contributed by atoms with Gasteiger partial charge in [0.15, 0.2) is 0 Å². The lowest BCUT2D eigenvalue weighted by Crippen LogP contribution is -1.80. The predicted molar refractivity (Wildman–Crippen MR) is 28.9 cm³/mol. The molecule has 1 nitrogen and oxygen atoms in total. The van der Waals surface area contributed by atoms with Gasteiger partial charge in [0.05, 0.1) is 6.10 Å². The molecule has 1 fully saturated rings. The maximum Gasteiger partial charge on any atom is 0.0576 e. The molecule has 0 aromatic rings. The lowest BCUT2D eigenvalue weighted by atomic mass is 10.3. The van der Waals surface area contributed by atoms with Gasteiger partial charge in [0.1, 0.15) is 0 Å². The molecule has 40 valence electrons. The summed E-state index contributed by atoms with van der Waals surface area (Å²) in [6.07, 6.45) is 3.84. The maximum absolute atomic E-state index is 8.71. The molecule has 1 aliphatic rings. The van der Waals surface area contributed by atoms with Crippen LogP contribution in [0.4, 0.5) is 0 Å². The molecule has 1 N–H and O–H groups in total. The van der Waals surface area contributed by atoms with Crippen molar-refractivity contribution in [2.75, 3.05) is 0 Å². The first-order valence-corrected chi connectivity index (χ1v) is 2.63. The third-order valence-corrected chi connectivity index (χ3v) is 1.35. The van der Waals surface area contributed by atoms with Gasteiger partial charge in [0, 0.05) is 0 Å². The standard InChI is InChI=1S/C6H10O/c1-2-3-5-4-6(5)7/h2,5-7H,1,3-4H2/t5-,6-/m0/s1. The van der Waals surface area contributed by atoms with Crippen molar-refractivity contribution >= 4 is 0 Å². The zero-order valence-electron chi connectivity index (χ0n) is 4.30. The second-order valence-corrected chi connectivity index (χ2v) is 2.09. The Hall–Kier alpha value is -0.300. The Morgan fingerprint density at radius 3 is 2.57 bits per heavy atom. The minimum atomic E-state index is -0.00185. The SMILES string of the molecule is C=CC[C@H]1C[C@@H]1O. The summed E-state index contributed by atoms with van der Waals surface area (Å²) < 4.78 is 0. The number of rotatable bonds is 2. The highest BCUT2D eigenvalue weighted by atomic mass is 16.3. The van der Waals surface area contributed by atoms with Crippen molar-refractivity contribution in [3.8, 4) is 0 Å². The zero-order valence-corrected chi connectivity index (χ0v) is 4.30. The molecule has 0 spiro atoms. The first-order chi connectivity index (χ1) is 3.34. The second kappa shape index (κ2) is 1.66. The van der Waals surface area contributed by atoms with Gasteiger partial charge in [0.2, 0.25) is 0 Å². The Balaban J connectivity index is 2.08. The van der Waals surface area contributed by atoms with Crippen LogP contribution in [0.1, 0.15) is 12.8 Å². The van der Waals surface area contributed by atoms with Crippen molar-refractivity contribution in [2.45, 2.75) is 18.9 Å². The van der Waals surface area contributed by atoms with E-state index >= 15 is 0 Å². The van der Waals surface area contributed by atoms with E-state index in [-0.39, 0.29) is 6.10 Å². The highest BCUT2D eigenvalue weighted by Gasteiger charge is 2.33. The Labute approximate surface area is 43.7 Å². The first kappa shape index (κ1) is 4.85. The Kier molecular flexibility index (Phi) is 1.15. The maximum atomic E-state index is 8.71. The molecule has 1 heteroatoms. The number of allylic oxidation sites excluding steroid dienone is 1. The fraction of sp³-hybridized carbons (Fsp3) is 0.667. The summed E-state index contributed by atoms with van der Waals surface area (Å²) in [6, 6.07) is 0. The molecular formula is C6H10O. The van der Waals surface area contributed by atoms with Crippen molar-refractivity contribution in [2.24, 2.45) is 5.92 Å². The topological polar surface area (TPSA) is 20.2 Å². The fourth-order valence-electron chi connectivity index (χ4n) is 0.699. The summed E-state index contributed by atoms with van der Waals surface area (Å²) in [6.45, 7) is 3.56. The summed E-state index contributed by atoms with van der Waals surface area (Å²) in [4.78, 5) is 0. The van der Waals surface area contributed by atoms with Gasteiger partial charge in [0.25, 0.3) is 0 Å². The molecule has 7 heavy (non-hydrogen) atoms. The largest absolute Gasteiger partial charge is 0.393 e. The van der Waals surface area contributed by atoms with Gasteiger partial charge in [-0.3, -0.25) is 0 Å². The Bertz CT molecular complexity index is 78.2.